The van der Waals surface area contributed by atoms with Crippen LogP contribution in [0.1, 0.15) is 24.0 Å². The second-order valence-electron chi connectivity index (χ2n) is 6.23. The molecule has 0 N–H and O–H groups in total. The number of pyridine rings is 1. The Hall–Kier alpha value is -2.23. The summed E-state index contributed by atoms with van der Waals surface area (Å²) in [5, 5.41) is 8.87. The molecule has 0 radical (unpaired) electrons. The molecule has 0 aliphatic carbocycles. The van der Waals surface area contributed by atoms with Crippen molar-refractivity contribution in [3.63, 3.8) is 0 Å². The van der Waals surface area contributed by atoms with E-state index in [4.69, 9.17) is 0 Å². The normalized spacial score (nSPS) is 16.9. The molecule has 0 bridgehead atoms. The number of hydrogen-bond donors (Lipinski definition) is 0. The van der Waals surface area contributed by atoms with E-state index in [0.717, 1.165) is 11.4 Å². The van der Waals surface area contributed by atoms with Gasteiger partial charge in [0.1, 0.15) is 12.7 Å². The molecule has 0 saturated heterocycles. The van der Waals surface area contributed by atoms with Crippen LogP contribution in [0.2, 0.25) is 0 Å². The van der Waals surface area contributed by atoms with Gasteiger partial charge < -0.3 is 4.90 Å². The molecule has 22 heavy (non-hydrogen) atoms. The van der Waals surface area contributed by atoms with Gasteiger partial charge in [0.2, 0.25) is 0 Å². The number of rotatable bonds is 2. The lowest BCUT2D eigenvalue weighted by molar-refractivity contribution is -0.670. The minimum Gasteiger partial charge on any atom is -0.371 e. The average Bonchev–Trinajstić information content (AvgIpc) is 2.54. The molecule has 3 heterocycles. The molecule has 1 aromatic carbocycles. The van der Waals surface area contributed by atoms with Crippen molar-refractivity contribution in [2.45, 2.75) is 25.7 Å². The van der Waals surface area contributed by atoms with Gasteiger partial charge in [-0.1, -0.05) is 0 Å². The first-order valence-corrected chi connectivity index (χ1v) is 8.07. The summed E-state index contributed by atoms with van der Waals surface area (Å²) >= 11 is 0. The Balaban J connectivity index is 1.68. The molecule has 0 unspecified atom stereocenters. The summed E-state index contributed by atoms with van der Waals surface area (Å²) in [6, 6.07) is 8.42. The van der Waals surface area contributed by atoms with Crippen molar-refractivity contribution in [3.05, 3.63) is 47.8 Å². The van der Waals surface area contributed by atoms with Gasteiger partial charge in [-0.3, -0.25) is 0 Å². The first-order chi connectivity index (χ1) is 10.8. The fourth-order valence-electron chi connectivity index (χ4n) is 3.59. The standard InChI is InChI=1S/C18H21N4/c1-21-8-4-7-16(13-21)19-20-17-11-14-5-2-9-22-10-3-6-15(12-17)18(14)22/h4,7-8,11-13H,2-3,5-6,9-10H2,1H3/q+1. The van der Waals surface area contributed by atoms with Gasteiger partial charge in [-0.15, -0.1) is 5.11 Å². The molecule has 2 aliphatic heterocycles. The first-order valence-electron chi connectivity index (χ1n) is 8.07. The predicted molar refractivity (Wildman–Crippen MR) is 87.1 cm³/mol. The zero-order chi connectivity index (χ0) is 14.9. The Morgan fingerprint density at radius 3 is 2.36 bits per heavy atom. The van der Waals surface area contributed by atoms with Crippen LogP contribution in [0.3, 0.4) is 0 Å². The van der Waals surface area contributed by atoms with Crippen LogP contribution in [0.15, 0.2) is 46.9 Å². The van der Waals surface area contributed by atoms with E-state index < -0.39 is 0 Å². The van der Waals surface area contributed by atoms with E-state index in [1.165, 1.54) is 55.6 Å². The molecule has 4 heteroatoms. The number of nitrogens with zero attached hydrogens (tertiary/aromatic N) is 4. The van der Waals surface area contributed by atoms with E-state index in [0.29, 0.717) is 0 Å². The van der Waals surface area contributed by atoms with Crippen LogP contribution < -0.4 is 9.47 Å². The lowest BCUT2D eigenvalue weighted by atomic mass is 9.91. The van der Waals surface area contributed by atoms with E-state index in [1.54, 1.807) is 0 Å². The van der Waals surface area contributed by atoms with Crippen LogP contribution in [0.4, 0.5) is 17.1 Å². The fourth-order valence-corrected chi connectivity index (χ4v) is 3.59. The van der Waals surface area contributed by atoms with Gasteiger partial charge >= 0.3 is 0 Å². The van der Waals surface area contributed by atoms with Gasteiger partial charge in [0.25, 0.3) is 0 Å². The Labute approximate surface area is 131 Å². The minimum absolute atomic E-state index is 0.887. The Morgan fingerprint density at radius 2 is 1.68 bits per heavy atom. The summed E-state index contributed by atoms with van der Waals surface area (Å²) in [5.41, 5.74) is 6.27. The SMILES string of the molecule is C[n+]1cccc(N=Nc2cc3c4c(c2)CCCN4CCC3)c1. The highest BCUT2D eigenvalue weighted by Crippen LogP contribution is 2.38. The molecule has 0 amide bonds. The highest BCUT2D eigenvalue weighted by Gasteiger charge is 2.24. The smallest absolute Gasteiger partial charge is 0.196 e. The van der Waals surface area contributed by atoms with Crippen molar-refractivity contribution in [1.29, 1.82) is 0 Å². The van der Waals surface area contributed by atoms with E-state index in [2.05, 4.69) is 27.3 Å². The van der Waals surface area contributed by atoms with Crippen molar-refractivity contribution in [2.24, 2.45) is 17.3 Å². The van der Waals surface area contributed by atoms with E-state index in [1.807, 2.05) is 36.1 Å². The van der Waals surface area contributed by atoms with Gasteiger partial charge in [-0.2, -0.15) is 5.11 Å². The monoisotopic (exact) mass is 293 g/mol. The van der Waals surface area contributed by atoms with Crippen LogP contribution in [0.5, 0.6) is 0 Å². The van der Waals surface area contributed by atoms with Crippen molar-refractivity contribution >= 4 is 17.1 Å². The Kier molecular flexibility index (Phi) is 3.37. The molecule has 112 valence electrons. The maximum Gasteiger partial charge on any atom is 0.196 e. The second-order valence-corrected chi connectivity index (χ2v) is 6.23. The molecule has 0 atom stereocenters. The largest absolute Gasteiger partial charge is 0.371 e. The van der Waals surface area contributed by atoms with E-state index in [9.17, 15) is 0 Å². The third-order valence-corrected chi connectivity index (χ3v) is 4.52. The Morgan fingerprint density at radius 1 is 1.00 bits per heavy atom. The maximum absolute atomic E-state index is 4.48. The molecule has 0 saturated carbocycles. The molecule has 2 aromatic rings. The van der Waals surface area contributed by atoms with Crippen molar-refractivity contribution < 1.29 is 4.57 Å². The molecule has 4 rings (SSSR count). The average molecular weight is 293 g/mol. The summed E-state index contributed by atoms with van der Waals surface area (Å²) in [6.45, 7) is 2.42. The Bertz CT molecular complexity index is 705. The number of benzene rings is 1. The second kappa shape index (κ2) is 5.52. The van der Waals surface area contributed by atoms with E-state index >= 15 is 0 Å². The predicted octanol–water partition coefficient (Wildman–Crippen LogP) is 3.63. The minimum atomic E-state index is 0.887. The van der Waals surface area contributed by atoms with Crippen LogP contribution in [0.25, 0.3) is 0 Å². The van der Waals surface area contributed by atoms with Crippen LogP contribution in [-0.2, 0) is 19.9 Å². The van der Waals surface area contributed by atoms with Crippen molar-refractivity contribution in [2.75, 3.05) is 18.0 Å². The molecule has 1 aromatic heterocycles. The molecule has 0 fully saturated rings. The number of azo groups is 1. The lowest BCUT2D eigenvalue weighted by Crippen LogP contribution is -2.34. The molecule has 4 nitrogen and oxygen atoms in total. The van der Waals surface area contributed by atoms with Crippen molar-refractivity contribution in [1.82, 2.24) is 0 Å². The van der Waals surface area contributed by atoms with Gasteiger partial charge in [0, 0.05) is 24.8 Å². The quantitative estimate of drug-likeness (QED) is 0.614. The van der Waals surface area contributed by atoms with Crippen LogP contribution >= 0.6 is 0 Å². The summed E-state index contributed by atoms with van der Waals surface area (Å²) < 4.78 is 1.99. The maximum atomic E-state index is 4.48. The van der Waals surface area contributed by atoms with Crippen LogP contribution in [0, 0.1) is 0 Å². The third-order valence-electron chi connectivity index (χ3n) is 4.52. The van der Waals surface area contributed by atoms with Gasteiger partial charge in [0.05, 0.1) is 5.69 Å². The lowest BCUT2D eigenvalue weighted by Gasteiger charge is -2.36. The number of hydrogen-bond acceptors (Lipinski definition) is 3. The topological polar surface area (TPSA) is 31.8 Å². The molecule has 2 aliphatic rings. The first kappa shape index (κ1) is 13.4. The van der Waals surface area contributed by atoms with Gasteiger partial charge in [-0.05, 0) is 55.0 Å². The number of aromatic nitrogens is 1. The third kappa shape index (κ3) is 2.49. The summed E-state index contributed by atoms with van der Waals surface area (Å²) in [5.74, 6) is 0. The van der Waals surface area contributed by atoms with E-state index in [-0.39, 0.29) is 0 Å². The zero-order valence-corrected chi connectivity index (χ0v) is 13.0. The molecule has 0 spiro atoms. The summed E-state index contributed by atoms with van der Waals surface area (Å²) in [6.07, 6.45) is 8.82. The summed E-state index contributed by atoms with van der Waals surface area (Å²) in [7, 11) is 2.00. The fraction of sp³-hybridized carbons (Fsp3) is 0.389. The zero-order valence-electron chi connectivity index (χ0n) is 13.0. The molecular formula is C18H21N4+. The highest BCUT2D eigenvalue weighted by molar-refractivity contribution is 5.67. The van der Waals surface area contributed by atoms with Crippen molar-refractivity contribution in [3.8, 4) is 0 Å². The number of aryl methyl sites for hydroxylation is 3. The highest BCUT2D eigenvalue weighted by atomic mass is 15.1. The molecular weight excluding hydrogens is 272 g/mol. The summed E-state index contributed by atoms with van der Waals surface area (Å²) in [4.78, 5) is 2.55. The van der Waals surface area contributed by atoms with Gasteiger partial charge in [0.15, 0.2) is 12.4 Å². The van der Waals surface area contributed by atoms with Crippen LogP contribution in [-0.4, -0.2) is 13.1 Å². The van der Waals surface area contributed by atoms with Gasteiger partial charge in [-0.25, -0.2) is 4.57 Å². The number of anilines is 1.